The molecule has 1 aliphatic carbocycles. The van der Waals surface area contributed by atoms with Crippen LogP contribution < -0.4 is 0 Å². The topological polar surface area (TPSA) is 17.8 Å². The van der Waals surface area contributed by atoms with Crippen LogP contribution in [0.4, 0.5) is 0 Å². The molecule has 2 rings (SSSR count). The van der Waals surface area contributed by atoms with E-state index in [2.05, 4.69) is 25.1 Å². The highest BCUT2D eigenvalue weighted by molar-refractivity contribution is 6.15. The standard InChI is InChI=1S/C9H13ClN2.ClH/c1-9(2)4-3-7-5-12(6-10)11-8(7)9;/h5H,3-4,6H2,1-2H3;1H. The molecular formula is C9H14Cl2N2. The molecule has 0 amide bonds. The number of halogens is 2. The summed E-state index contributed by atoms with van der Waals surface area (Å²) < 4.78 is 1.81. The fourth-order valence-electron chi connectivity index (χ4n) is 1.84. The summed E-state index contributed by atoms with van der Waals surface area (Å²) in [5.74, 6) is 0. The molecule has 2 nitrogen and oxygen atoms in total. The largest absolute Gasteiger partial charge is 0.257 e. The van der Waals surface area contributed by atoms with Gasteiger partial charge in [-0.3, -0.25) is 4.68 Å². The molecule has 74 valence electrons. The predicted octanol–water partition coefficient (Wildman–Crippen LogP) is 2.73. The molecule has 0 radical (unpaired) electrons. The molecule has 13 heavy (non-hydrogen) atoms. The van der Waals surface area contributed by atoms with Gasteiger partial charge in [-0.05, 0) is 18.4 Å². The smallest absolute Gasteiger partial charge is 0.115 e. The Hall–Kier alpha value is -0.210. The average molecular weight is 221 g/mol. The molecular weight excluding hydrogens is 207 g/mol. The highest BCUT2D eigenvalue weighted by Crippen LogP contribution is 2.36. The Morgan fingerprint density at radius 2 is 2.31 bits per heavy atom. The Morgan fingerprint density at radius 3 is 2.85 bits per heavy atom. The zero-order valence-corrected chi connectivity index (χ0v) is 9.45. The molecule has 0 fully saturated rings. The van der Waals surface area contributed by atoms with E-state index in [4.69, 9.17) is 11.6 Å². The first-order valence-electron chi connectivity index (χ1n) is 4.26. The summed E-state index contributed by atoms with van der Waals surface area (Å²) in [6.45, 7) is 4.48. The lowest BCUT2D eigenvalue weighted by Crippen LogP contribution is -2.14. The van der Waals surface area contributed by atoms with Crippen LogP contribution in [0.5, 0.6) is 0 Å². The van der Waals surface area contributed by atoms with Crippen LogP contribution in [0.3, 0.4) is 0 Å². The number of nitrogens with zero attached hydrogens (tertiary/aromatic N) is 2. The predicted molar refractivity (Wildman–Crippen MR) is 56.7 cm³/mol. The summed E-state index contributed by atoms with van der Waals surface area (Å²) in [4.78, 5) is 0. The van der Waals surface area contributed by atoms with E-state index in [0.29, 0.717) is 6.00 Å². The number of rotatable bonds is 1. The van der Waals surface area contributed by atoms with Crippen LogP contribution >= 0.6 is 24.0 Å². The Morgan fingerprint density at radius 1 is 1.62 bits per heavy atom. The minimum Gasteiger partial charge on any atom is -0.257 e. The van der Waals surface area contributed by atoms with E-state index in [-0.39, 0.29) is 17.8 Å². The molecule has 1 aromatic heterocycles. The average Bonchev–Trinajstić information content (AvgIpc) is 2.53. The van der Waals surface area contributed by atoms with Crippen molar-refractivity contribution in [1.82, 2.24) is 9.78 Å². The van der Waals surface area contributed by atoms with Crippen molar-refractivity contribution in [2.45, 2.75) is 38.1 Å². The van der Waals surface area contributed by atoms with E-state index in [1.807, 2.05) is 4.68 Å². The van der Waals surface area contributed by atoms with Crippen molar-refractivity contribution in [3.05, 3.63) is 17.5 Å². The van der Waals surface area contributed by atoms with Gasteiger partial charge < -0.3 is 0 Å². The Balaban J connectivity index is 0.000000845. The second-order valence-electron chi connectivity index (χ2n) is 4.05. The SMILES string of the molecule is CC1(C)CCc2cn(CCl)nc21.Cl. The highest BCUT2D eigenvalue weighted by atomic mass is 35.5. The molecule has 1 heterocycles. The number of aromatic nitrogens is 2. The fraction of sp³-hybridized carbons (Fsp3) is 0.667. The molecule has 0 aromatic carbocycles. The van der Waals surface area contributed by atoms with Crippen molar-refractivity contribution in [3.8, 4) is 0 Å². The quantitative estimate of drug-likeness (QED) is 0.666. The van der Waals surface area contributed by atoms with Gasteiger partial charge >= 0.3 is 0 Å². The van der Waals surface area contributed by atoms with Gasteiger partial charge in [0.25, 0.3) is 0 Å². The third-order valence-electron chi connectivity index (χ3n) is 2.62. The normalized spacial score (nSPS) is 18.1. The van der Waals surface area contributed by atoms with Gasteiger partial charge in [0.1, 0.15) is 6.00 Å². The Bertz CT molecular complexity index is 305. The van der Waals surface area contributed by atoms with Crippen molar-refractivity contribution < 1.29 is 0 Å². The molecule has 0 unspecified atom stereocenters. The minimum absolute atomic E-state index is 0. The number of fused-ring (bicyclic) bond motifs is 1. The van der Waals surface area contributed by atoms with E-state index in [9.17, 15) is 0 Å². The number of aryl methyl sites for hydroxylation is 1. The van der Waals surface area contributed by atoms with Crippen molar-refractivity contribution in [2.75, 3.05) is 0 Å². The van der Waals surface area contributed by atoms with Crippen molar-refractivity contribution in [2.24, 2.45) is 0 Å². The lowest BCUT2D eigenvalue weighted by Gasteiger charge is -2.15. The van der Waals surface area contributed by atoms with E-state index >= 15 is 0 Å². The zero-order valence-electron chi connectivity index (χ0n) is 7.88. The van der Waals surface area contributed by atoms with Crippen LogP contribution in [0, 0.1) is 0 Å². The second-order valence-corrected chi connectivity index (χ2v) is 4.28. The first kappa shape index (κ1) is 10.9. The van der Waals surface area contributed by atoms with Crippen LogP contribution in [0.1, 0.15) is 31.5 Å². The summed E-state index contributed by atoms with van der Waals surface area (Å²) in [6.07, 6.45) is 4.43. The van der Waals surface area contributed by atoms with Crippen LogP contribution in [0.25, 0.3) is 0 Å². The summed E-state index contributed by atoms with van der Waals surface area (Å²) in [7, 11) is 0. The van der Waals surface area contributed by atoms with E-state index in [1.165, 1.54) is 17.7 Å². The zero-order chi connectivity index (χ0) is 8.77. The van der Waals surface area contributed by atoms with Gasteiger partial charge in [0.2, 0.25) is 0 Å². The molecule has 1 aromatic rings. The maximum atomic E-state index is 5.69. The van der Waals surface area contributed by atoms with Crippen molar-refractivity contribution >= 4 is 24.0 Å². The maximum absolute atomic E-state index is 5.69. The summed E-state index contributed by atoms with van der Waals surface area (Å²) in [6, 6.07) is 0.461. The molecule has 0 bridgehead atoms. The number of hydrogen-bond acceptors (Lipinski definition) is 1. The van der Waals surface area contributed by atoms with Gasteiger partial charge in [-0.2, -0.15) is 5.10 Å². The van der Waals surface area contributed by atoms with E-state index in [1.54, 1.807) is 0 Å². The monoisotopic (exact) mass is 220 g/mol. The summed E-state index contributed by atoms with van der Waals surface area (Å²) in [5.41, 5.74) is 2.87. The van der Waals surface area contributed by atoms with E-state index in [0.717, 1.165) is 6.42 Å². The molecule has 1 aliphatic rings. The third kappa shape index (κ3) is 1.70. The van der Waals surface area contributed by atoms with Crippen molar-refractivity contribution in [1.29, 1.82) is 0 Å². The van der Waals surface area contributed by atoms with Crippen LogP contribution in [0.2, 0.25) is 0 Å². The van der Waals surface area contributed by atoms with Crippen LogP contribution in [-0.2, 0) is 17.8 Å². The van der Waals surface area contributed by atoms with Gasteiger partial charge in [0.15, 0.2) is 0 Å². The second kappa shape index (κ2) is 3.50. The van der Waals surface area contributed by atoms with Crippen molar-refractivity contribution in [3.63, 3.8) is 0 Å². The summed E-state index contributed by atoms with van der Waals surface area (Å²) >= 11 is 5.69. The maximum Gasteiger partial charge on any atom is 0.115 e. The Labute approximate surface area is 89.7 Å². The highest BCUT2D eigenvalue weighted by Gasteiger charge is 2.32. The molecule has 0 saturated carbocycles. The van der Waals surface area contributed by atoms with Gasteiger partial charge in [-0.1, -0.05) is 13.8 Å². The molecule has 0 atom stereocenters. The fourth-order valence-corrected chi connectivity index (χ4v) is 1.96. The molecule has 0 spiro atoms. The lowest BCUT2D eigenvalue weighted by atomic mass is 9.91. The van der Waals surface area contributed by atoms with Gasteiger partial charge in [0, 0.05) is 11.6 Å². The van der Waals surface area contributed by atoms with Gasteiger partial charge in [-0.25, -0.2) is 0 Å². The first-order chi connectivity index (χ1) is 5.63. The van der Waals surface area contributed by atoms with Gasteiger partial charge in [0.05, 0.1) is 5.69 Å². The van der Waals surface area contributed by atoms with Gasteiger partial charge in [-0.15, -0.1) is 24.0 Å². The molecule has 4 heteroatoms. The van der Waals surface area contributed by atoms with Crippen LogP contribution in [0.15, 0.2) is 6.20 Å². The number of hydrogen-bond donors (Lipinski definition) is 0. The molecule has 0 aliphatic heterocycles. The van der Waals surface area contributed by atoms with Crippen LogP contribution in [-0.4, -0.2) is 9.78 Å². The third-order valence-corrected chi connectivity index (χ3v) is 2.87. The Kier molecular flexibility index (Phi) is 2.93. The minimum atomic E-state index is 0. The molecule has 0 N–H and O–H groups in total. The first-order valence-corrected chi connectivity index (χ1v) is 4.80. The summed E-state index contributed by atoms with van der Waals surface area (Å²) in [5, 5.41) is 4.45. The lowest BCUT2D eigenvalue weighted by molar-refractivity contribution is 0.493. The number of alkyl halides is 1. The molecule has 0 saturated heterocycles. The van der Waals surface area contributed by atoms with E-state index < -0.39 is 0 Å².